The second-order valence-corrected chi connectivity index (χ2v) is 8.24. The van der Waals surface area contributed by atoms with Gasteiger partial charge in [-0.2, -0.15) is 0 Å². The molecule has 0 spiro atoms. The zero-order chi connectivity index (χ0) is 16.8. The standard InChI is InChI=1S/C18H35NO3/c1-14(2)18(13-20,11-15-9-7-6-8-10-15)12-19-16(21)22-17(3,4)5/h14-15,20H,6-13H2,1-5H3,(H,19,21). The largest absolute Gasteiger partial charge is 0.444 e. The summed E-state index contributed by atoms with van der Waals surface area (Å²) in [6.45, 7) is 10.4. The van der Waals surface area contributed by atoms with Crippen LogP contribution < -0.4 is 5.32 Å². The predicted molar refractivity (Wildman–Crippen MR) is 89.8 cm³/mol. The van der Waals surface area contributed by atoms with E-state index in [9.17, 15) is 9.90 Å². The van der Waals surface area contributed by atoms with Crippen LogP contribution in [-0.4, -0.2) is 30.0 Å². The maximum absolute atomic E-state index is 11.9. The van der Waals surface area contributed by atoms with Crippen molar-refractivity contribution in [3.8, 4) is 0 Å². The summed E-state index contributed by atoms with van der Waals surface area (Å²) in [5.74, 6) is 0.984. The quantitative estimate of drug-likeness (QED) is 0.775. The monoisotopic (exact) mass is 313 g/mol. The van der Waals surface area contributed by atoms with Crippen molar-refractivity contribution in [2.45, 2.75) is 78.7 Å². The molecule has 130 valence electrons. The summed E-state index contributed by atoms with van der Waals surface area (Å²) in [5, 5.41) is 12.9. The number of rotatable bonds is 6. The van der Waals surface area contributed by atoms with Gasteiger partial charge in [0.2, 0.25) is 0 Å². The highest BCUT2D eigenvalue weighted by Gasteiger charge is 2.36. The van der Waals surface area contributed by atoms with E-state index >= 15 is 0 Å². The molecule has 1 aliphatic rings. The first-order valence-corrected chi connectivity index (χ1v) is 8.76. The topological polar surface area (TPSA) is 58.6 Å². The highest BCUT2D eigenvalue weighted by atomic mass is 16.6. The van der Waals surface area contributed by atoms with E-state index in [0.29, 0.717) is 18.4 Å². The van der Waals surface area contributed by atoms with Crippen LogP contribution in [0.5, 0.6) is 0 Å². The number of hydrogen-bond donors (Lipinski definition) is 2. The fraction of sp³-hybridized carbons (Fsp3) is 0.944. The lowest BCUT2D eigenvalue weighted by molar-refractivity contribution is 0.0268. The van der Waals surface area contributed by atoms with Crippen LogP contribution in [0.4, 0.5) is 4.79 Å². The average Bonchev–Trinajstić information content (AvgIpc) is 2.42. The Kier molecular flexibility index (Phi) is 7.17. The van der Waals surface area contributed by atoms with Gasteiger partial charge in [0.15, 0.2) is 0 Å². The highest BCUT2D eigenvalue weighted by molar-refractivity contribution is 5.67. The predicted octanol–water partition coefficient (Wildman–Crippen LogP) is 4.12. The number of hydrogen-bond acceptors (Lipinski definition) is 3. The maximum Gasteiger partial charge on any atom is 0.407 e. The second kappa shape index (κ2) is 8.19. The number of carbonyl (C=O) groups is 1. The van der Waals surface area contributed by atoms with Gasteiger partial charge in [0.05, 0.1) is 6.61 Å². The van der Waals surface area contributed by atoms with E-state index < -0.39 is 11.7 Å². The minimum atomic E-state index is -0.493. The Morgan fingerprint density at radius 1 is 1.23 bits per heavy atom. The first-order valence-electron chi connectivity index (χ1n) is 8.76. The Labute approximate surface area is 136 Å². The fourth-order valence-corrected chi connectivity index (χ4v) is 3.34. The minimum absolute atomic E-state index is 0.108. The summed E-state index contributed by atoms with van der Waals surface area (Å²) in [4.78, 5) is 11.9. The molecule has 0 saturated heterocycles. The third-order valence-electron chi connectivity index (χ3n) is 4.94. The van der Waals surface area contributed by atoms with Crippen molar-refractivity contribution in [2.24, 2.45) is 17.3 Å². The van der Waals surface area contributed by atoms with Crippen molar-refractivity contribution < 1.29 is 14.6 Å². The first kappa shape index (κ1) is 19.3. The molecule has 2 N–H and O–H groups in total. The van der Waals surface area contributed by atoms with Gasteiger partial charge in [-0.25, -0.2) is 4.79 Å². The number of carbonyl (C=O) groups excluding carboxylic acids is 1. The van der Waals surface area contributed by atoms with Gasteiger partial charge in [-0.15, -0.1) is 0 Å². The normalized spacial score (nSPS) is 19.8. The number of amides is 1. The Morgan fingerprint density at radius 3 is 2.27 bits per heavy atom. The fourth-order valence-electron chi connectivity index (χ4n) is 3.34. The van der Waals surface area contributed by atoms with Crippen molar-refractivity contribution in [3.05, 3.63) is 0 Å². The lowest BCUT2D eigenvalue weighted by atomic mass is 9.69. The molecule has 1 saturated carbocycles. The van der Waals surface area contributed by atoms with Gasteiger partial charge in [-0.1, -0.05) is 46.0 Å². The second-order valence-electron chi connectivity index (χ2n) is 8.24. The summed E-state index contributed by atoms with van der Waals surface area (Å²) >= 11 is 0. The average molecular weight is 313 g/mol. The first-order chi connectivity index (χ1) is 10.2. The molecule has 0 radical (unpaired) electrons. The molecule has 1 unspecified atom stereocenters. The van der Waals surface area contributed by atoms with E-state index in [1.54, 1.807) is 0 Å². The van der Waals surface area contributed by atoms with Crippen molar-refractivity contribution in [1.82, 2.24) is 5.32 Å². The summed E-state index contributed by atoms with van der Waals surface area (Å²) in [6.07, 6.45) is 7.02. The molecule has 0 aromatic rings. The molecule has 1 atom stereocenters. The van der Waals surface area contributed by atoms with Crippen molar-refractivity contribution in [3.63, 3.8) is 0 Å². The number of ether oxygens (including phenoxy) is 1. The molecule has 4 nitrogen and oxygen atoms in total. The van der Waals surface area contributed by atoms with Crippen molar-refractivity contribution >= 4 is 6.09 Å². The zero-order valence-corrected chi connectivity index (χ0v) is 15.1. The van der Waals surface area contributed by atoms with Gasteiger partial charge in [-0.3, -0.25) is 0 Å². The van der Waals surface area contributed by atoms with Crippen LogP contribution in [0.1, 0.15) is 73.1 Å². The Morgan fingerprint density at radius 2 is 1.82 bits per heavy atom. The molecule has 22 heavy (non-hydrogen) atoms. The lowest BCUT2D eigenvalue weighted by Crippen LogP contribution is -2.46. The molecule has 0 heterocycles. The van der Waals surface area contributed by atoms with E-state index in [4.69, 9.17) is 4.74 Å². The van der Waals surface area contributed by atoms with Crippen LogP contribution in [0.3, 0.4) is 0 Å². The Bertz CT molecular complexity index is 343. The molecule has 1 rings (SSSR count). The van der Waals surface area contributed by atoms with Crippen LogP contribution in [0.2, 0.25) is 0 Å². The van der Waals surface area contributed by atoms with E-state index in [1.807, 2.05) is 20.8 Å². The smallest absolute Gasteiger partial charge is 0.407 e. The van der Waals surface area contributed by atoms with Gasteiger partial charge in [0.25, 0.3) is 0 Å². The SMILES string of the molecule is CC(C)C(CO)(CNC(=O)OC(C)(C)C)CC1CCCCC1. The summed E-state index contributed by atoms with van der Waals surface area (Å²) < 4.78 is 5.32. The molecule has 1 amide bonds. The van der Waals surface area contributed by atoms with Gasteiger partial charge in [-0.05, 0) is 39.0 Å². The molecule has 0 aliphatic heterocycles. The van der Waals surface area contributed by atoms with Gasteiger partial charge in [0.1, 0.15) is 5.60 Å². The highest BCUT2D eigenvalue weighted by Crippen LogP contribution is 2.39. The van der Waals surface area contributed by atoms with Crippen LogP contribution in [0.25, 0.3) is 0 Å². The van der Waals surface area contributed by atoms with Crippen LogP contribution >= 0.6 is 0 Å². The number of aliphatic hydroxyl groups excluding tert-OH is 1. The molecule has 0 aromatic carbocycles. The Hall–Kier alpha value is -0.770. The van der Waals surface area contributed by atoms with Crippen LogP contribution in [0.15, 0.2) is 0 Å². The molecule has 4 heteroatoms. The molecule has 0 bridgehead atoms. The lowest BCUT2D eigenvalue weighted by Gasteiger charge is -2.40. The number of aliphatic hydroxyl groups is 1. The zero-order valence-electron chi connectivity index (χ0n) is 15.1. The summed E-state index contributed by atoms with van der Waals surface area (Å²) in [5.41, 5.74) is -0.744. The molecule has 1 fully saturated rings. The number of alkyl carbamates (subject to hydrolysis) is 1. The molecular weight excluding hydrogens is 278 g/mol. The Balaban J connectivity index is 2.64. The van der Waals surface area contributed by atoms with Gasteiger partial charge < -0.3 is 15.2 Å². The molecular formula is C18H35NO3. The van der Waals surface area contributed by atoms with Crippen molar-refractivity contribution in [2.75, 3.05) is 13.2 Å². The van der Waals surface area contributed by atoms with E-state index in [1.165, 1.54) is 32.1 Å². The van der Waals surface area contributed by atoms with Crippen LogP contribution in [0, 0.1) is 17.3 Å². The van der Waals surface area contributed by atoms with E-state index in [-0.39, 0.29) is 12.0 Å². The van der Waals surface area contributed by atoms with Gasteiger partial charge in [0, 0.05) is 12.0 Å². The maximum atomic E-state index is 11.9. The van der Waals surface area contributed by atoms with E-state index in [0.717, 1.165) is 6.42 Å². The van der Waals surface area contributed by atoms with Crippen molar-refractivity contribution in [1.29, 1.82) is 0 Å². The van der Waals surface area contributed by atoms with Crippen LogP contribution in [-0.2, 0) is 4.74 Å². The molecule has 1 aliphatic carbocycles. The van der Waals surface area contributed by atoms with E-state index in [2.05, 4.69) is 19.2 Å². The third-order valence-corrected chi connectivity index (χ3v) is 4.94. The molecule has 0 aromatic heterocycles. The summed E-state index contributed by atoms with van der Waals surface area (Å²) in [7, 11) is 0. The van der Waals surface area contributed by atoms with Gasteiger partial charge >= 0.3 is 6.09 Å². The third kappa shape index (κ3) is 6.15. The summed E-state index contributed by atoms with van der Waals surface area (Å²) in [6, 6.07) is 0. The minimum Gasteiger partial charge on any atom is -0.444 e. The number of nitrogens with one attached hydrogen (secondary N) is 1.